The summed E-state index contributed by atoms with van der Waals surface area (Å²) in [4.78, 5) is 1.82. The van der Waals surface area contributed by atoms with Crippen LogP contribution in [-0.4, -0.2) is 12.2 Å². The van der Waals surface area contributed by atoms with E-state index in [1.807, 2.05) is 43.1 Å². The van der Waals surface area contributed by atoms with Crippen LogP contribution < -0.4 is 4.90 Å². The molecule has 1 N–H and O–H groups in total. The molecule has 0 saturated carbocycles. The average Bonchev–Trinajstić information content (AvgIpc) is 2.38. The zero-order valence-electron chi connectivity index (χ0n) is 11.4. The molecule has 0 aliphatic carbocycles. The summed E-state index contributed by atoms with van der Waals surface area (Å²) in [6, 6.07) is 12.7. The van der Waals surface area contributed by atoms with Crippen molar-refractivity contribution in [3.8, 4) is 0 Å². The number of rotatable bonds is 3. The molecule has 1 atom stereocenters. The minimum absolute atomic E-state index is 0.329. The topological polar surface area (TPSA) is 23.5 Å². The first kappa shape index (κ1) is 13.6. The molecule has 2 rings (SSSR count). The normalized spacial score (nSPS) is 12.3. The van der Waals surface area contributed by atoms with Gasteiger partial charge in [-0.1, -0.05) is 24.3 Å². The van der Waals surface area contributed by atoms with Crippen molar-refractivity contribution in [1.29, 1.82) is 0 Å². The minimum Gasteiger partial charge on any atom is -0.389 e. The molecule has 0 amide bonds. The Kier molecular flexibility index (Phi) is 3.86. The number of para-hydroxylation sites is 1. The highest BCUT2D eigenvalue weighted by atomic mass is 19.1. The lowest BCUT2D eigenvalue weighted by atomic mass is 10.1. The molecule has 3 heteroatoms. The molecule has 0 unspecified atom stereocenters. The van der Waals surface area contributed by atoms with E-state index in [0.29, 0.717) is 11.3 Å². The zero-order valence-corrected chi connectivity index (χ0v) is 11.4. The van der Waals surface area contributed by atoms with Gasteiger partial charge in [0.2, 0.25) is 0 Å². The second kappa shape index (κ2) is 5.41. The van der Waals surface area contributed by atoms with Crippen LogP contribution in [0.1, 0.15) is 24.2 Å². The number of benzene rings is 2. The molecule has 0 aliphatic heterocycles. The molecule has 0 aliphatic rings. The Bertz CT molecular complexity index is 581. The number of nitrogens with zero attached hydrogens (tertiary/aromatic N) is 1. The molecule has 0 aromatic heterocycles. The van der Waals surface area contributed by atoms with Crippen LogP contribution in [0.2, 0.25) is 0 Å². The van der Waals surface area contributed by atoms with E-state index in [1.165, 1.54) is 6.07 Å². The van der Waals surface area contributed by atoms with Crippen molar-refractivity contribution in [1.82, 2.24) is 0 Å². The van der Waals surface area contributed by atoms with E-state index in [1.54, 1.807) is 19.1 Å². The Morgan fingerprint density at radius 1 is 1.11 bits per heavy atom. The molecule has 0 saturated heterocycles. The molecular weight excluding hydrogens is 241 g/mol. The van der Waals surface area contributed by atoms with Gasteiger partial charge in [0.1, 0.15) is 5.82 Å². The van der Waals surface area contributed by atoms with E-state index >= 15 is 0 Å². The van der Waals surface area contributed by atoms with Crippen LogP contribution in [0.3, 0.4) is 0 Å². The summed E-state index contributed by atoms with van der Waals surface area (Å²) in [6.45, 7) is 3.62. The van der Waals surface area contributed by atoms with Crippen LogP contribution in [0.4, 0.5) is 15.8 Å². The lowest BCUT2D eigenvalue weighted by Crippen LogP contribution is -2.12. The fourth-order valence-corrected chi connectivity index (χ4v) is 2.12. The van der Waals surface area contributed by atoms with Gasteiger partial charge in [-0.25, -0.2) is 4.39 Å². The van der Waals surface area contributed by atoms with Gasteiger partial charge in [0.05, 0.1) is 11.8 Å². The maximum absolute atomic E-state index is 14.1. The van der Waals surface area contributed by atoms with E-state index in [0.717, 1.165) is 11.3 Å². The number of aryl methyl sites for hydroxylation is 1. The SMILES string of the molecule is Cc1ccccc1N(C)c1ccc([C@H](C)O)cc1F. The molecule has 100 valence electrons. The summed E-state index contributed by atoms with van der Waals surface area (Å²) in [5.74, 6) is -0.329. The fourth-order valence-electron chi connectivity index (χ4n) is 2.12. The monoisotopic (exact) mass is 259 g/mol. The van der Waals surface area contributed by atoms with Crippen LogP contribution in [0, 0.1) is 12.7 Å². The minimum atomic E-state index is -0.660. The first-order valence-corrected chi connectivity index (χ1v) is 6.27. The second-order valence-corrected chi connectivity index (χ2v) is 4.73. The molecule has 0 heterocycles. The Morgan fingerprint density at radius 3 is 2.37 bits per heavy atom. The average molecular weight is 259 g/mol. The lowest BCUT2D eigenvalue weighted by Gasteiger charge is -2.22. The largest absolute Gasteiger partial charge is 0.389 e. The number of halogens is 1. The van der Waals surface area contributed by atoms with Crippen LogP contribution in [0.5, 0.6) is 0 Å². The summed E-state index contributed by atoms with van der Waals surface area (Å²) >= 11 is 0. The summed E-state index contributed by atoms with van der Waals surface area (Å²) < 4.78 is 14.1. The predicted molar refractivity (Wildman–Crippen MR) is 76.3 cm³/mol. The van der Waals surface area contributed by atoms with Crippen LogP contribution in [0.25, 0.3) is 0 Å². The van der Waals surface area contributed by atoms with E-state index < -0.39 is 6.10 Å². The summed E-state index contributed by atoms with van der Waals surface area (Å²) in [5.41, 5.74) is 3.13. The van der Waals surface area contributed by atoms with Gasteiger partial charge in [0.25, 0.3) is 0 Å². The van der Waals surface area contributed by atoms with Gasteiger partial charge in [-0.05, 0) is 43.2 Å². The van der Waals surface area contributed by atoms with Gasteiger partial charge in [-0.15, -0.1) is 0 Å². The fraction of sp³-hybridized carbons (Fsp3) is 0.250. The van der Waals surface area contributed by atoms with Gasteiger partial charge < -0.3 is 10.0 Å². The number of aliphatic hydroxyl groups is 1. The van der Waals surface area contributed by atoms with E-state index in [-0.39, 0.29) is 5.82 Å². The first-order valence-electron chi connectivity index (χ1n) is 6.27. The van der Waals surface area contributed by atoms with Gasteiger partial charge in [0.15, 0.2) is 0 Å². The third-order valence-electron chi connectivity index (χ3n) is 3.29. The molecule has 2 nitrogen and oxygen atoms in total. The molecule has 2 aromatic carbocycles. The molecule has 2 aromatic rings. The van der Waals surface area contributed by atoms with E-state index in [4.69, 9.17) is 0 Å². The van der Waals surface area contributed by atoms with Crippen molar-refractivity contribution < 1.29 is 9.50 Å². The summed E-state index contributed by atoms with van der Waals surface area (Å²) in [6.07, 6.45) is -0.660. The molecule has 0 fully saturated rings. The summed E-state index contributed by atoms with van der Waals surface area (Å²) in [5, 5.41) is 9.46. The van der Waals surface area contributed by atoms with Gasteiger partial charge >= 0.3 is 0 Å². The highest BCUT2D eigenvalue weighted by Crippen LogP contribution is 2.30. The van der Waals surface area contributed by atoms with Gasteiger partial charge in [-0.3, -0.25) is 0 Å². The molecule has 0 spiro atoms. The quantitative estimate of drug-likeness (QED) is 0.902. The maximum Gasteiger partial charge on any atom is 0.147 e. The van der Waals surface area contributed by atoms with Gasteiger partial charge in [0, 0.05) is 12.7 Å². The first-order chi connectivity index (χ1) is 9.00. The number of aliphatic hydroxyl groups excluding tert-OH is 1. The third-order valence-corrected chi connectivity index (χ3v) is 3.29. The van der Waals surface area contributed by atoms with Crippen molar-refractivity contribution in [3.63, 3.8) is 0 Å². The summed E-state index contributed by atoms with van der Waals surface area (Å²) in [7, 11) is 1.84. The highest BCUT2D eigenvalue weighted by Gasteiger charge is 2.13. The smallest absolute Gasteiger partial charge is 0.147 e. The Hall–Kier alpha value is -1.87. The molecule has 19 heavy (non-hydrogen) atoms. The predicted octanol–water partition coefficient (Wildman–Crippen LogP) is 3.96. The number of hydrogen-bond acceptors (Lipinski definition) is 2. The number of hydrogen-bond donors (Lipinski definition) is 1. The Balaban J connectivity index is 2.40. The van der Waals surface area contributed by atoms with Crippen molar-refractivity contribution in [2.45, 2.75) is 20.0 Å². The highest BCUT2D eigenvalue weighted by molar-refractivity contribution is 5.66. The molecule has 0 bridgehead atoms. The second-order valence-electron chi connectivity index (χ2n) is 4.73. The molecular formula is C16H18FNO. The van der Waals surface area contributed by atoms with Crippen molar-refractivity contribution >= 4 is 11.4 Å². The van der Waals surface area contributed by atoms with Crippen LogP contribution in [-0.2, 0) is 0 Å². The van der Waals surface area contributed by atoms with Crippen molar-refractivity contribution in [2.75, 3.05) is 11.9 Å². The van der Waals surface area contributed by atoms with Crippen LogP contribution >= 0.6 is 0 Å². The van der Waals surface area contributed by atoms with Crippen molar-refractivity contribution in [2.24, 2.45) is 0 Å². The Morgan fingerprint density at radius 2 is 1.79 bits per heavy atom. The molecule has 0 radical (unpaired) electrons. The number of anilines is 2. The van der Waals surface area contributed by atoms with E-state index in [9.17, 15) is 9.50 Å². The third kappa shape index (κ3) is 2.76. The lowest BCUT2D eigenvalue weighted by molar-refractivity contribution is 0.199. The standard InChI is InChI=1S/C16H18FNO/c1-11-6-4-5-7-15(11)18(3)16-9-8-13(12(2)19)10-14(16)17/h4-10,12,19H,1-3H3/t12-/m0/s1. The zero-order chi connectivity index (χ0) is 14.0. The maximum atomic E-state index is 14.1. The van der Waals surface area contributed by atoms with Gasteiger partial charge in [-0.2, -0.15) is 0 Å². The van der Waals surface area contributed by atoms with Crippen molar-refractivity contribution in [3.05, 3.63) is 59.4 Å². The Labute approximate surface area is 113 Å². The van der Waals surface area contributed by atoms with E-state index in [2.05, 4.69) is 0 Å². The van der Waals surface area contributed by atoms with Crippen LogP contribution in [0.15, 0.2) is 42.5 Å².